The van der Waals surface area contributed by atoms with Gasteiger partial charge in [-0.1, -0.05) is 12.1 Å². The summed E-state index contributed by atoms with van der Waals surface area (Å²) in [4.78, 5) is 14.5. The van der Waals surface area contributed by atoms with Crippen LogP contribution in [0.4, 0.5) is 5.69 Å². The van der Waals surface area contributed by atoms with E-state index in [4.69, 9.17) is 10.5 Å². The predicted octanol–water partition coefficient (Wildman–Crippen LogP) is 1.58. The molecule has 0 atom stereocenters. The molecule has 102 valence electrons. The van der Waals surface area contributed by atoms with Gasteiger partial charge in [-0.3, -0.25) is 4.79 Å². The van der Waals surface area contributed by atoms with Gasteiger partial charge < -0.3 is 15.4 Å². The highest BCUT2D eigenvalue weighted by Gasteiger charge is 2.28. The van der Waals surface area contributed by atoms with E-state index in [1.165, 1.54) is 11.1 Å². The highest BCUT2D eigenvalue weighted by molar-refractivity contribution is 5.79. The summed E-state index contributed by atoms with van der Waals surface area (Å²) in [6, 6.07) is 5.99. The number of rotatable bonds is 1. The second kappa shape index (κ2) is 5.21. The number of nitrogens with zero attached hydrogens (tertiary/aromatic N) is 1. The van der Waals surface area contributed by atoms with Crippen molar-refractivity contribution in [2.75, 3.05) is 25.5 Å². The van der Waals surface area contributed by atoms with Crippen LogP contribution in [-0.4, -0.2) is 30.6 Å². The normalized spacial score (nSPS) is 20.1. The Bertz CT molecular complexity index is 481. The van der Waals surface area contributed by atoms with Crippen LogP contribution in [0.3, 0.4) is 0 Å². The standard InChI is InChI=1S/C15H20N2O2/c16-14-3-1-2-12-10-17(7-4-13(12)14)15(18)11-5-8-19-9-6-11/h1-3,11H,4-10,16H2. The molecule has 2 aliphatic rings. The summed E-state index contributed by atoms with van der Waals surface area (Å²) in [5.74, 6) is 0.438. The summed E-state index contributed by atoms with van der Waals surface area (Å²) in [5, 5.41) is 0. The van der Waals surface area contributed by atoms with Crippen molar-refractivity contribution in [3.05, 3.63) is 29.3 Å². The molecule has 1 aromatic carbocycles. The smallest absolute Gasteiger partial charge is 0.226 e. The Kier molecular flexibility index (Phi) is 3.42. The first kappa shape index (κ1) is 12.5. The Morgan fingerprint density at radius 2 is 2.11 bits per heavy atom. The van der Waals surface area contributed by atoms with Crippen molar-refractivity contribution in [3.63, 3.8) is 0 Å². The molecule has 1 fully saturated rings. The summed E-state index contributed by atoms with van der Waals surface area (Å²) in [5.41, 5.74) is 9.26. The third kappa shape index (κ3) is 2.45. The maximum Gasteiger partial charge on any atom is 0.226 e. The zero-order valence-corrected chi connectivity index (χ0v) is 11.1. The number of carbonyl (C=O) groups excluding carboxylic acids is 1. The number of amides is 1. The first-order valence-electron chi connectivity index (χ1n) is 6.98. The number of hydrogen-bond donors (Lipinski definition) is 1. The fourth-order valence-corrected chi connectivity index (χ4v) is 3.03. The zero-order chi connectivity index (χ0) is 13.2. The van der Waals surface area contributed by atoms with E-state index in [1.54, 1.807) is 0 Å². The molecule has 4 nitrogen and oxygen atoms in total. The van der Waals surface area contributed by atoms with Gasteiger partial charge in [0.2, 0.25) is 5.91 Å². The number of benzene rings is 1. The summed E-state index contributed by atoms with van der Waals surface area (Å²) >= 11 is 0. The molecule has 2 aliphatic heterocycles. The number of carbonyl (C=O) groups is 1. The molecule has 1 amide bonds. The van der Waals surface area contributed by atoms with Crippen molar-refractivity contribution < 1.29 is 9.53 Å². The molecule has 2 N–H and O–H groups in total. The van der Waals surface area contributed by atoms with Crippen LogP contribution >= 0.6 is 0 Å². The van der Waals surface area contributed by atoms with Crippen LogP contribution in [0.1, 0.15) is 24.0 Å². The number of hydrogen-bond acceptors (Lipinski definition) is 3. The third-order valence-corrected chi connectivity index (χ3v) is 4.18. The van der Waals surface area contributed by atoms with Crippen molar-refractivity contribution in [2.45, 2.75) is 25.8 Å². The highest BCUT2D eigenvalue weighted by atomic mass is 16.5. The fourth-order valence-electron chi connectivity index (χ4n) is 3.03. The number of nitrogens with two attached hydrogens (primary N) is 1. The van der Waals surface area contributed by atoms with E-state index < -0.39 is 0 Å². The number of ether oxygens (including phenoxy) is 1. The molecule has 0 spiro atoms. The van der Waals surface area contributed by atoms with Crippen LogP contribution in [0.25, 0.3) is 0 Å². The van der Waals surface area contributed by atoms with Gasteiger partial charge in [-0.2, -0.15) is 0 Å². The van der Waals surface area contributed by atoms with Crippen LogP contribution in [0.5, 0.6) is 0 Å². The first-order chi connectivity index (χ1) is 9.25. The van der Waals surface area contributed by atoms with Gasteiger partial charge in [0, 0.05) is 37.9 Å². The van der Waals surface area contributed by atoms with Gasteiger partial charge >= 0.3 is 0 Å². The quantitative estimate of drug-likeness (QED) is 0.780. The number of fused-ring (bicyclic) bond motifs is 1. The van der Waals surface area contributed by atoms with Gasteiger partial charge in [-0.05, 0) is 36.5 Å². The number of anilines is 1. The fraction of sp³-hybridized carbons (Fsp3) is 0.533. The molecule has 3 rings (SSSR count). The van der Waals surface area contributed by atoms with E-state index >= 15 is 0 Å². The minimum atomic E-state index is 0.149. The van der Waals surface area contributed by atoms with Gasteiger partial charge in [-0.25, -0.2) is 0 Å². The van der Waals surface area contributed by atoms with Crippen LogP contribution < -0.4 is 5.73 Å². The van der Waals surface area contributed by atoms with E-state index in [1.807, 2.05) is 17.0 Å². The Morgan fingerprint density at radius 3 is 2.89 bits per heavy atom. The van der Waals surface area contributed by atoms with Gasteiger partial charge in [0.1, 0.15) is 0 Å². The van der Waals surface area contributed by atoms with Crippen LogP contribution in [-0.2, 0) is 22.5 Å². The summed E-state index contributed by atoms with van der Waals surface area (Å²) in [6.45, 7) is 2.93. The Hall–Kier alpha value is -1.55. The SMILES string of the molecule is Nc1cccc2c1CCN(C(=O)C1CCOCC1)C2. The molecule has 0 unspecified atom stereocenters. The van der Waals surface area contributed by atoms with Gasteiger partial charge in [-0.15, -0.1) is 0 Å². The second-order valence-electron chi connectivity index (χ2n) is 5.38. The molecule has 2 heterocycles. The van der Waals surface area contributed by atoms with Crippen molar-refractivity contribution in [3.8, 4) is 0 Å². The van der Waals surface area contributed by atoms with Crippen LogP contribution in [0.15, 0.2) is 18.2 Å². The van der Waals surface area contributed by atoms with E-state index in [0.29, 0.717) is 19.8 Å². The van der Waals surface area contributed by atoms with E-state index in [9.17, 15) is 4.79 Å². The molecule has 4 heteroatoms. The van der Waals surface area contributed by atoms with Crippen LogP contribution in [0, 0.1) is 5.92 Å². The summed E-state index contributed by atoms with van der Waals surface area (Å²) < 4.78 is 5.32. The third-order valence-electron chi connectivity index (χ3n) is 4.18. The summed E-state index contributed by atoms with van der Waals surface area (Å²) in [7, 11) is 0. The topological polar surface area (TPSA) is 55.6 Å². The highest BCUT2D eigenvalue weighted by Crippen LogP contribution is 2.26. The molecular weight excluding hydrogens is 240 g/mol. The van der Waals surface area contributed by atoms with E-state index in [-0.39, 0.29) is 11.8 Å². The van der Waals surface area contributed by atoms with E-state index in [2.05, 4.69) is 6.07 Å². The molecule has 0 bridgehead atoms. The molecule has 19 heavy (non-hydrogen) atoms. The second-order valence-corrected chi connectivity index (χ2v) is 5.38. The lowest BCUT2D eigenvalue weighted by molar-refractivity contribution is -0.139. The largest absolute Gasteiger partial charge is 0.398 e. The lowest BCUT2D eigenvalue weighted by atomic mass is 9.94. The average molecular weight is 260 g/mol. The Morgan fingerprint density at radius 1 is 1.32 bits per heavy atom. The maximum absolute atomic E-state index is 12.5. The van der Waals surface area contributed by atoms with Gasteiger partial charge in [0.25, 0.3) is 0 Å². The maximum atomic E-state index is 12.5. The van der Waals surface area contributed by atoms with Crippen molar-refractivity contribution >= 4 is 11.6 Å². The monoisotopic (exact) mass is 260 g/mol. The predicted molar refractivity (Wildman–Crippen MR) is 73.5 cm³/mol. The van der Waals surface area contributed by atoms with E-state index in [0.717, 1.165) is 31.5 Å². The molecule has 1 saturated heterocycles. The Balaban J connectivity index is 1.73. The van der Waals surface area contributed by atoms with Crippen molar-refractivity contribution in [2.24, 2.45) is 5.92 Å². The van der Waals surface area contributed by atoms with Gasteiger partial charge in [0.15, 0.2) is 0 Å². The minimum Gasteiger partial charge on any atom is -0.398 e. The first-order valence-corrected chi connectivity index (χ1v) is 6.98. The molecule has 0 saturated carbocycles. The Labute approximate surface area is 113 Å². The zero-order valence-electron chi connectivity index (χ0n) is 11.1. The minimum absolute atomic E-state index is 0.149. The average Bonchev–Trinajstić information content (AvgIpc) is 2.47. The molecule has 0 aromatic heterocycles. The molecule has 0 aliphatic carbocycles. The van der Waals surface area contributed by atoms with Crippen molar-refractivity contribution in [1.82, 2.24) is 4.90 Å². The molecule has 1 aromatic rings. The molecular formula is C15H20N2O2. The number of nitrogen functional groups attached to an aromatic ring is 1. The lowest BCUT2D eigenvalue weighted by Gasteiger charge is -2.33. The molecule has 0 radical (unpaired) electrons. The van der Waals surface area contributed by atoms with Gasteiger partial charge in [0.05, 0.1) is 0 Å². The van der Waals surface area contributed by atoms with Crippen molar-refractivity contribution in [1.29, 1.82) is 0 Å². The van der Waals surface area contributed by atoms with Crippen LogP contribution in [0.2, 0.25) is 0 Å². The summed E-state index contributed by atoms with van der Waals surface area (Å²) in [6.07, 6.45) is 2.59. The lowest BCUT2D eigenvalue weighted by Crippen LogP contribution is -2.41.